The number of nitriles is 1. The zero-order valence-electron chi connectivity index (χ0n) is 11.9. The van der Waals surface area contributed by atoms with Gasteiger partial charge in [0.25, 0.3) is 0 Å². The van der Waals surface area contributed by atoms with Crippen LogP contribution in [0.4, 0.5) is 0 Å². The Morgan fingerprint density at radius 3 is 2.23 bits per heavy atom. The molecule has 0 saturated carbocycles. The first-order valence-electron chi connectivity index (χ1n) is 7.04. The Morgan fingerprint density at radius 2 is 1.59 bits per heavy atom. The Balaban J connectivity index is 1.97. The Morgan fingerprint density at radius 1 is 0.864 bits per heavy atom. The Bertz CT molecular complexity index is 758. The van der Waals surface area contributed by atoms with Crippen LogP contribution < -0.4 is 4.74 Å². The third-order valence-electron chi connectivity index (χ3n) is 3.38. The molecule has 1 atom stereocenters. The van der Waals surface area contributed by atoms with Gasteiger partial charge in [0.1, 0.15) is 11.9 Å². The average molecular weight is 284 g/mol. The molecule has 0 aliphatic rings. The Kier molecular flexibility index (Phi) is 4.17. The molecule has 1 unspecified atom stereocenters. The summed E-state index contributed by atoms with van der Waals surface area (Å²) in [4.78, 5) is 0. The van der Waals surface area contributed by atoms with Gasteiger partial charge in [-0.05, 0) is 41.5 Å². The van der Waals surface area contributed by atoms with Crippen LogP contribution >= 0.6 is 0 Å². The summed E-state index contributed by atoms with van der Waals surface area (Å²) in [6, 6.07) is 30.2. The van der Waals surface area contributed by atoms with Crippen LogP contribution in [0.25, 0.3) is 0 Å². The van der Waals surface area contributed by atoms with Crippen molar-refractivity contribution in [3.05, 3.63) is 102 Å². The number of hydrogen-bond donors (Lipinski definition) is 0. The third kappa shape index (κ3) is 3.16. The molecule has 1 radical (unpaired) electrons. The summed E-state index contributed by atoms with van der Waals surface area (Å²) >= 11 is 0. The van der Waals surface area contributed by atoms with Crippen LogP contribution in [0, 0.1) is 17.4 Å². The minimum Gasteiger partial charge on any atom is -0.481 e. The molecule has 0 saturated heterocycles. The molecule has 22 heavy (non-hydrogen) atoms. The summed E-state index contributed by atoms with van der Waals surface area (Å²) < 4.78 is 6.15. The lowest BCUT2D eigenvalue weighted by atomic mass is 10.0. The summed E-state index contributed by atoms with van der Waals surface area (Å²) in [6.07, 6.45) is -0.218. The second-order valence-electron chi connectivity index (χ2n) is 4.88. The van der Waals surface area contributed by atoms with Crippen molar-refractivity contribution in [2.45, 2.75) is 6.10 Å². The van der Waals surface area contributed by atoms with Gasteiger partial charge in [-0.25, -0.2) is 0 Å². The van der Waals surface area contributed by atoms with Gasteiger partial charge in [0.15, 0.2) is 0 Å². The van der Waals surface area contributed by atoms with E-state index in [4.69, 9.17) is 10.00 Å². The van der Waals surface area contributed by atoms with Crippen LogP contribution in [0.3, 0.4) is 0 Å². The van der Waals surface area contributed by atoms with E-state index in [1.54, 1.807) is 0 Å². The molecule has 3 aromatic rings. The van der Waals surface area contributed by atoms with Crippen molar-refractivity contribution in [3.63, 3.8) is 0 Å². The molecule has 0 N–H and O–H groups in total. The van der Waals surface area contributed by atoms with E-state index in [0.717, 1.165) is 16.9 Å². The fourth-order valence-corrected chi connectivity index (χ4v) is 2.28. The van der Waals surface area contributed by atoms with Gasteiger partial charge in [-0.2, -0.15) is 5.26 Å². The molecule has 3 aromatic carbocycles. The zero-order valence-corrected chi connectivity index (χ0v) is 11.9. The van der Waals surface area contributed by atoms with E-state index in [-0.39, 0.29) is 6.10 Å². The zero-order chi connectivity index (χ0) is 15.2. The molecule has 3 rings (SSSR count). The van der Waals surface area contributed by atoms with Crippen molar-refractivity contribution < 1.29 is 4.74 Å². The maximum Gasteiger partial charge on any atom is 0.149 e. The second kappa shape index (κ2) is 6.60. The van der Waals surface area contributed by atoms with E-state index >= 15 is 0 Å². The fourth-order valence-electron chi connectivity index (χ4n) is 2.28. The van der Waals surface area contributed by atoms with Gasteiger partial charge in [-0.3, -0.25) is 0 Å². The van der Waals surface area contributed by atoms with Crippen LogP contribution in [0.2, 0.25) is 0 Å². The van der Waals surface area contributed by atoms with E-state index in [2.05, 4.69) is 12.1 Å². The molecule has 0 aliphatic carbocycles. The highest BCUT2D eigenvalue weighted by atomic mass is 16.5. The lowest BCUT2D eigenvalue weighted by Crippen LogP contribution is -2.09. The highest BCUT2D eigenvalue weighted by molar-refractivity contribution is 5.37. The van der Waals surface area contributed by atoms with Crippen LogP contribution in [0.5, 0.6) is 5.75 Å². The Labute approximate surface area is 130 Å². The molecule has 0 fully saturated rings. The maximum absolute atomic E-state index is 8.93. The van der Waals surface area contributed by atoms with E-state index in [1.807, 2.05) is 78.9 Å². The predicted octanol–water partition coefficient (Wildman–Crippen LogP) is 4.53. The molecule has 0 spiro atoms. The van der Waals surface area contributed by atoms with E-state index in [9.17, 15) is 0 Å². The third-order valence-corrected chi connectivity index (χ3v) is 3.38. The second-order valence-corrected chi connectivity index (χ2v) is 4.88. The molecule has 105 valence electrons. The van der Waals surface area contributed by atoms with Crippen LogP contribution in [-0.2, 0) is 0 Å². The van der Waals surface area contributed by atoms with Crippen molar-refractivity contribution in [3.8, 4) is 11.8 Å². The van der Waals surface area contributed by atoms with Gasteiger partial charge in [0.2, 0.25) is 0 Å². The highest BCUT2D eigenvalue weighted by Crippen LogP contribution is 2.28. The van der Waals surface area contributed by atoms with Crippen LogP contribution in [0.1, 0.15) is 22.8 Å². The molecule has 0 heterocycles. The first-order chi connectivity index (χ1) is 10.9. The SMILES string of the molecule is N#Cc1ccc(C(Oc2c[c]ccc2)c2ccccc2)cc1. The van der Waals surface area contributed by atoms with Gasteiger partial charge >= 0.3 is 0 Å². The summed E-state index contributed by atoms with van der Waals surface area (Å²) in [5.74, 6) is 0.765. The number of rotatable bonds is 4. The number of hydrogen-bond acceptors (Lipinski definition) is 2. The van der Waals surface area contributed by atoms with Crippen molar-refractivity contribution in [2.24, 2.45) is 0 Å². The van der Waals surface area contributed by atoms with Gasteiger partial charge in [0.05, 0.1) is 11.6 Å². The maximum atomic E-state index is 8.93. The molecule has 0 bridgehead atoms. The quantitative estimate of drug-likeness (QED) is 0.705. The molecule has 2 heteroatoms. The largest absolute Gasteiger partial charge is 0.481 e. The molecule has 0 aliphatic heterocycles. The lowest BCUT2D eigenvalue weighted by molar-refractivity contribution is 0.247. The van der Waals surface area contributed by atoms with Crippen molar-refractivity contribution in [1.29, 1.82) is 5.26 Å². The predicted molar refractivity (Wildman–Crippen MR) is 85.3 cm³/mol. The molecule has 0 aromatic heterocycles. The molecule has 2 nitrogen and oxygen atoms in total. The molecular weight excluding hydrogens is 270 g/mol. The average Bonchev–Trinajstić information content (AvgIpc) is 2.61. The van der Waals surface area contributed by atoms with Crippen molar-refractivity contribution >= 4 is 0 Å². The minimum absolute atomic E-state index is 0.218. The first kappa shape index (κ1) is 13.9. The summed E-state index contributed by atoms with van der Waals surface area (Å²) in [5.41, 5.74) is 2.72. The van der Waals surface area contributed by atoms with Gasteiger partial charge < -0.3 is 4.74 Å². The monoisotopic (exact) mass is 284 g/mol. The number of benzene rings is 3. The summed E-state index contributed by atoms with van der Waals surface area (Å²) in [5, 5.41) is 8.93. The standard InChI is InChI=1S/C20H14NO/c21-15-16-11-13-18(14-12-16)20(17-7-3-1-4-8-17)22-19-9-5-2-6-10-19/h1-5,7-14,20H. The Hall–Kier alpha value is -3.05. The summed E-state index contributed by atoms with van der Waals surface area (Å²) in [7, 11) is 0. The molecule has 0 amide bonds. The van der Waals surface area contributed by atoms with Gasteiger partial charge in [0, 0.05) is 0 Å². The lowest BCUT2D eigenvalue weighted by Gasteiger charge is -2.20. The number of nitrogens with zero attached hydrogens (tertiary/aromatic N) is 1. The first-order valence-corrected chi connectivity index (χ1v) is 7.04. The van der Waals surface area contributed by atoms with E-state index in [1.165, 1.54) is 0 Å². The van der Waals surface area contributed by atoms with E-state index < -0.39 is 0 Å². The van der Waals surface area contributed by atoms with Gasteiger partial charge in [-0.15, -0.1) is 0 Å². The van der Waals surface area contributed by atoms with Gasteiger partial charge in [-0.1, -0.05) is 54.6 Å². The smallest absolute Gasteiger partial charge is 0.149 e. The topological polar surface area (TPSA) is 33.0 Å². The van der Waals surface area contributed by atoms with Crippen molar-refractivity contribution in [2.75, 3.05) is 0 Å². The van der Waals surface area contributed by atoms with Crippen molar-refractivity contribution in [1.82, 2.24) is 0 Å². The fraction of sp³-hybridized carbons (Fsp3) is 0.0500. The van der Waals surface area contributed by atoms with E-state index in [0.29, 0.717) is 5.56 Å². The molecular formula is C20H14NO. The van der Waals surface area contributed by atoms with Crippen LogP contribution in [0.15, 0.2) is 78.9 Å². The minimum atomic E-state index is -0.218. The van der Waals surface area contributed by atoms with Crippen LogP contribution in [-0.4, -0.2) is 0 Å². The normalized spacial score (nSPS) is 11.4. The number of ether oxygens (including phenoxy) is 1. The summed E-state index contributed by atoms with van der Waals surface area (Å²) in [6.45, 7) is 0. The highest BCUT2D eigenvalue weighted by Gasteiger charge is 2.15.